The molecular formula is CaNaO8P2-3. The maximum Gasteiger partial charge on any atom is 2.00 e. The fourth-order valence-electron chi connectivity index (χ4n) is 0. The van der Waals surface area contributed by atoms with Crippen LogP contribution < -0.4 is 58.9 Å². The van der Waals surface area contributed by atoms with Crippen LogP contribution in [-0.4, -0.2) is 37.7 Å². The number of phosphoric acid groups is 2. The number of hydrogen-bond donors (Lipinski definition) is 0. The summed E-state index contributed by atoms with van der Waals surface area (Å²) in [7, 11) is -10.8. The van der Waals surface area contributed by atoms with Gasteiger partial charge >= 0.3 is 67.3 Å². The molecule has 0 N–H and O–H groups in total. The third-order valence-electron chi connectivity index (χ3n) is 0. The minimum Gasteiger partial charge on any atom is -0.822 e. The Balaban J connectivity index is -0.0000000457. The molecule has 64 valence electrons. The first kappa shape index (κ1) is 24.0. The van der Waals surface area contributed by atoms with E-state index in [1.165, 1.54) is 0 Å². The van der Waals surface area contributed by atoms with Crippen molar-refractivity contribution >= 4 is 53.4 Å². The third kappa shape index (κ3) is 267. The van der Waals surface area contributed by atoms with Crippen LogP contribution in [0.15, 0.2) is 0 Å². The number of rotatable bonds is 0. The number of hydrogen-bond acceptors (Lipinski definition) is 8. The van der Waals surface area contributed by atoms with E-state index in [0.29, 0.717) is 0 Å². The van der Waals surface area contributed by atoms with Crippen LogP contribution in [0.4, 0.5) is 0 Å². The summed E-state index contributed by atoms with van der Waals surface area (Å²) in [5.74, 6) is 0. The molecule has 0 aliphatic rings. The van der Waals surface area contributed by atoms with Crippen molar-refractivity contribution in [2.75, 3.05) is 0 Å². The first-order chi connectivity index (χ1) is 4.00. The molecule has 12 heavy (non-hydrogen) atoms. The van der Waals surface area contributed by atoms with Crippen LogP contribution in [0.5, 0.6) is 0 Å². The molecule has 0 aromatic rings. The Morgan fingerprint density at radius 1 is 0.667 bits per heavy atom. The Bertz CT molecular complexity index is 129. The van der Waals surface area contributed by atoms with Gasteiger partial charge in [0.2, 0.25) is 0 Å². The van der Waals surface area contributed by atoms with Crippen molar-refractivity contribution in [3.8, 4) is 0 Å². The molecule has 0 aromatic heterocycles. The molecule has 0 bridgehead atoms. The van der Waals surface area contributed by atoms with Crippen molar-refractivity contribution in [1.82, 2.24) is 0 Å². The summed E-state index contributed by atoms with van der Waals surface area (Å²) in [6.45, 7) is 0. The second-order valence-electron chi connectivity index (χ2n) is 0.894. The predicted molar refractivity (Wildman–Crippen MR) is 21.0 cm³/mol. The van der Waals surface area contributed by atoms with E-state index >= 15 is 0 Å². The first-order valence-electron chi connectivity index (χ1n) is 1.46. The van der Waals surface area contributed by atoms with Crippen molar-refractivity contribution in [2.24, 2.45) is 0 Å². The SMILES string of the molecule is O=P([O-])([O-])[O-].O=P([O-])([O-])[O-].[Ca+2].[Na+]. The maximum atomic E-state index is 8.55. The van der Waals surface area contributed by atoms with E-state index in [1.54, 1.807) is 0 Å². The van der Waals surface area contributed by atoms with Crippen LogP contribution in [0.3, 0.4) is 0 Å². The molecule has 0 aliphatic carbocycles. The molecule has 0 rings (SSSR count). The van der Waals surface area contributed by atoms with E-state index in [-0.39, 0.29) is 67.3 Å². The Morgan fingerprint density at radius 3 is 0.667 bits per heavy atom. The van der Waals surface area contributed by atoms with Gasteiger partial charge in [0.05, 0.1) is 0 Å². The molecule has 0 spiro atoms. The molecule has 0 radical (unpaired) electrons. The predicted octanol–water partition coefficient (Wildman–Crippen LogP) is -9.03. The van der Waals surface area contributed by atoms with Crippen LogP contribution in [0.2, 0.25) is 0 Å². The third-order valence-corrected chi connectivity index (χ3v) is 0. The second-order valence-corrected chi connectivity index (χ2v) is 2.68. The summed E-state index contributed by atoms with van der Waals surface area (Å²) >= 11 is 0. The second kappa shape index (κ2) is 10.0. The zero-order valence-corrected chi connectivity index (χ0v) is 11.9. The molecule has 0 saturated heterocycles. The Hall–Kier alpha value is 2.48. The van der Waals surface area contributed by atoms with E-state index in [2.05, 4.69) is 0 Å². The van der Waals surface area contributed by atoms with Crippen LogP contribution in [0, 0.1) is 0 Å². The molecule has 0 aliphatic heterocycles. The molecule has 12 heteroatoms. The quantitative estimate of drug-likeness (QED) is 0.302. The normalized spacial score (nSPS) is 9.83. The van der Waals surface area contributed by atoms with Crippen molar-refractivity contribution in [3.63, 3.8) is 0 Å². The van der Waals surface area contributed by atoms with E-state index < -0.39 is 15.6 Å². The van der Waals surface area contributed by atoms with Crippen molar-refractivity contribution in [2.45, 2.75) is 0 Å². The van der Waals surface area contributed by atoms with Crippen LogP contribution in [0.1, 0.15) is 0 Å². The van der Waals surface area contributed by atoms with Crippen molar-refractivity contribution in [1.29, 1.82) is 0 Å². The molecular weight excluding hydrogens is 253 g/mol. The largest absolute Gasteiger partial charge is 2.00 e. The zero-order chi connectivity index (χ0) is 9.00. The molecule has 8 nitrogen and oxygen atoms in total. The summed E-state index contributed by atoms with van der Waals surface area (Å²) in [6.07, 6.45) is 0. The molecule has 0 saturated carbocycles. The van der Waals surface area contributed by atoms with Gasteiger partial charge in [-0.05, 0) is 0 Å². The Morgan fingerprint density at radius 2 is 0.667 bits per heavy atom. The average Bonchev–Trinajstić information content (AvgIpc) is 1.12. The summed E-state index contributed by atoms with van der Waals surface area (Å²) < 4.78 is 17.1. The molecule has 0 aromatic carbocycles. The van der Waals surface area contributed by atoms with Gasteiger partial charge in [-0.1, -0.05) is 0 Å². The van der Waals surface area contributed by atoms with E-state index in [1.807, 2.05) is 0 Å². The van der Waals surface area contributed by atoms with Gasteiger partial charge in [0, 0.05) is 0 Å². The van der Waals surface area contributed by atoms with Gasteiger partial charge in [0.25, 0.3) is 0 Å². The molecule has 0 unspecified atom stereocenters. The zero-order valence-electron chi connectivity index (χ0n) is 5.87. The Kier molecular flexibility index (Phi) is 20.0. The summed E-state index contributed by atoms with van der Waals surface area (Å²) in [5, 5.41) is 0. The molecule has 0 fully saturated rings. The first-order valence-corrected chi connectivity index (χ1v) is 4.38. The minimum atomic E-state index is -5.39. The minimum absolute atomic E-state index is 0. The van der Waals surface area contributed by atoms with Gasteiger partial charge in [-0.2, -0.15) is 15.6 Å². The summed E-state index contributed by atoms with van der Waals surface area (Å²) in [6, 6.07) is 0. The molecule has 0 heterocycles. The Labute approximate surface area is 120 Å². The average molecular weight is 253 g/mol. The van der Waals surface area contributed by atoms with E-state index in [9.17, 15) is 0 Å². The molecule has 0 amide bonds. The van der Waals surface area contributed by atoms with Gasteiger partial charge < -0.3 is 38.5 Å². The smallest absolute Gasteiger partial charge is 0.822 e. The van der Waals surface area contributed by atoms with Crippen LogP contribution >= 0.6 is 15.6 Å². The van der Waals surface area contributed by atoms with Crippen molar-refractivity contribution < 1.29 is 68.0 Å². The van der Waals surface area contributed by atoms with E-state index in [0.717, 1.165) is 0 Å². The molecule has 0 atom stereocenters. The fourth-order valence-corrected chi connectivity index (χ4v) is 0. The topological polar surface area (TPSA) is 172 Å². The van der Waals surface area contributed by atoms with Crippen LogP contribution in [-0.2, 0) is 9.13 Å². The van der Waals surface area contributed by atoms with Crippen molar-refractivity contribution in [3.05, 3.63) is 0 Å². The maximum absolute atomic E-state index is 8.55. The van der Waals surface area contributed by atoms with Gasteiger partial charge in [-0.3, -0.25) is 0 Å². The standard InChI is InChI=1S/Ca.Na.2H3O4P/c;;2*1-5(2,3)4/h;;2*(H3,1,2,3,4)/q+2;+1;;/p-6. The summed E-state index contributed by atoms with van der Waals surface area (Å²) in [4.78, 5) is 51.3. The van der Waals surface area contributed by atoms with Gasteiger partial charge in [0.15, 0.2) is 0 Å². The van der Waals surface area contributed by atoms with Gasteiger partial charge in [0.1, 0.15) is 0 Å². The van der Waals surface area contributed by atoms with Gasteiger partial charge in [-0.15, -0.1) is 0 Å². The summed E-state index contributed by atoms with van der Waals surface area (Å²) in [5.41, 5.74) is 0. The van der Waals surface area contributed by atoms with Crippen LogP contribution in [0.25, 0.3) is 0 Å². The fraction of sp³-hybridized carbons (Fsp3) is 0. The monoisotopic (exact) mass is 253 g/mol. The van der Waals surface area contributed by atoms with Gasteiger partial charge in [-0.25, -0.2) is 0 Å². The van der Waals surface area contributed by atoms with E-state index in [4.69, 9.17) is 38.5 Å².